The first-order chi connectivity index (χ1) is 9.16. The van der Waals surface area contributed by atoms with Gasteiger partial charge in [-0.25, -0.2) is 9.37 Å². The molecular formula is C13H8ClFN2OS. The highest BCUT2D eigenvalue weighted by molar-refractivity contribution is 7.16. The molecule has 6 heteroatoms. The molecule has 1 aromatic heterocycles. The van der Waals surface area contributed by atoms with Gasteiger partial charge in [-0.05, 0) is 24.3 Å². The lowest BCUT2D eigenvalue weighted by Gasteiger charge is -2.09. The highest BCUT2D eigenvalue weighted by Crippen LogP contribution is 2.36. The van der Waals surface area contributed by atoms with Crippen molar-refractivity contribution in [3.63, 3.8) is 0 Å². The second kappa shape index (κ2) is 4.68. The first-order valence-corrected chi connectivity index (χ1v) is 6.66. The van der Waals surface area contributed by atoms with Gasteiger partial charge in [0.2, 0.25) is 0 Å². The summed E-state index contributed by atoms with van der Waals surface area (Å²) in [4.78, 5) is 4.15. The summed E-state index contributed by atoms with van der Waals surface area (Å²) >= 11 is 7.18. The Morgan fingerprint density at radius 3 is 2.89 bits per heavy atom. The van der Waals surface area contributed by atoms with Gasteiger partial charge in [0, 0.05) is 0 Å². The Kier molecular flexibility index (Phi) is 3.00. The zero-order chi connectivity index (χ0) is 13.4. The SMILES string of the molecule is Nc1c(Oc2cccc(Cl)c2F)ccc2scnc12. The lowest BCUT2D eigenvalue weighted by Crippen LogP contribution is -1.95. The maximum absolute atomic E-state index is 13.8. The molecule has 3 aromatic rings. The van der Waals surface area contributed by atoms with Crippen molar-refractivity contribution in [1.82, 2.24) is 4.98 Å². The van der Waals surface area contributed by atoms with Crippen LogP contribution in [0.25, 0.3) is 10.2 Å². The Morgan fingerprint density at radius 2 is 2.05 bits per heavy atom. The predicted molar refractivity (Wildman–Crippen MR) is 75.5 cm³/mol. The summed E-state index contributed by atoms with van der Waals surface area (Å²) in [5.74, 6) is -0.213. The molecule has 0 atom stereocenters. The van der Waals surface area contributed by atoms with Crippen LogP contribution in [-0.2, 0) is 0 Å². The van der Waals surface area contributed by atoms with E-state index in [0.717, 1.165) is 4.70 Å². The Labute approximate surface area is 117 Å². The zero-order valence-electron chi connectivity index (χ0n) is 9.56. The van der Waals surface area contributed by atoms with Crippen molar-refractivity contribution in [2.24, 2.45) is 0 Å². The number of ether oxygens (including phenoxy) is 1. The molecule has 2 N–H and O–H groups in total. The minimum atomic E-state index is -0.609. The van der Waals surface area contributed by atoms with Crippen LogP contribution in [0.3, 0.4) is 0 Å². The van der Waals surface area contributed by atoms with E-state index in [1.54, 1.807) is 17.6 Å². The van der Waals surface area contributed by atoms with Gasteiger partial charge >= 0.3 is 0 Å². The maximum Gasteiger partial charge on any atom is 0.184 e. The smallest absolute Gasteiger partial charge is 0.184 e. The number of halogens is 2. The summed E-state index contributed by atoms with van der Waals surface area (Å²) in [6.07, 6.45) is 0. The molecule has 0 saturated heterocycles. The van der Waals surface area contributed by atoms with E-state index in [1.165, 1.54) is 23.5 Å². The van der Waals surface area contributed by atoms with Gasteiger partial charge < -0.3 is 10.5 Å². The summed E-state index contributed by atoms with van der Waals surface area (Å²) in [6, 6.07) is 8.08. The van der Waals surface area contributed by atoms with Gasteiger partial charge in [0.15, 0.2) is 17.3 Å². The highest BCUT2D eigenvalue weighted by Gasteiger charge is 2.12. The van der Waals surface area contributed by atoms with Crippen LogP contribution in [-0.4, -0.2) is 4.98 Å². The van der Waals surface area contributed by atoms with Crippen LogP contribution in [0.1, 0.15) is 0 Å². The van der Waals surface area contributed by atoms with Gasteiger partial charge in [-0.3, -0.25) is 0 Å². The molecule has 96 valence electrons. The quantitative estimate of drug-likeness (QED) is 0.710. The monoisotopic (exact) mass is 294 g/mol. The standard InChI is InChI=1S/C13H8ClFN2OS/c14-7-2-1-3-8(11(7)15)18-9-4-5-10-13(12(9)16)17-6-19-10/h1-6H,16H2. The molecule has 19 heavy (non-hydrogen) atoms. The number of nitrogens with zero attached hydrogens (tertiary/aromatic N) is 1. The van der Waals surface area contributed by atoms with Crippen molar-refractivity contribution in [2.75, 3.05) is 5.73 Å². The van der Waals surface area contributed by atoms with Crippen molar-refractivity contribution < 1.29 is 9.13 Å². The third-order valence-electron chi connectivity index (χ3n) is 2.64. The fraction of sp³-hybridized carbons (Fsp3) is 0. The zero-order valence-corrected chi connectivity index (χ0v) is 11.1. The second-order valence-electron chi connectivity index (χ2n) is 3.83. The largest absolute Gasteiger partial charge is 0.452 e. The summed E-state index contributed by atoms with van der Waals surface area (Å²) < 4.78 is 20.2. The van der Waals surface area contributed by atoms with Gasteiger partial charge in [0.1, 0.15) is 11.2 Å². The van der Waals surface area contributed by atoms with Crippen LogP contribution in [0.4, 0.5) is 10.1 Å². The highest BCUT2D eigenvalue weighted by atomic mass is 35.5. The van der Waals surface area contributed by atoms with E-state index in [9.17, 15) is 4.39 Å². The fourth-order valence-electron chi connectivity index (χ4n) is 1.70. The summed E-state index contributed by atoms with van der Waals surface area (Å²) in [5, 5.41) is 0.00538. The first kappa shape index (κ1) is 12.2. The molecule has 0 radical (unpaired) electrons. The van der Waals surface area contributed by atoms with Gasteiger partial charge in [-0.2, -0.15) is 0 Å². The lowest BCUT2D eigenvalue weighted by molar-refractivity contribution is 0.445. The molecule has 1 heterocycles. The van der Waals surface area contributed by atoms with Crippen molar-refractivity contribution in [3.8, 4) is 11.5 Å². The van der Waals surface area contributed by atoms with Crippen LogP contribution >= 0.6 is 22.9 Å². The molecule has 0 spiro atoms. The molecule has 0 unspecified atom stereocenters. The number of benzene rings is 2. The van der Waals surface area contributed by atoms with E-state index >= 15 is 0 Å². The summed E-state index contributed by atoms with van der Waals surface area (Å²) in [5.41, 5.74) is 8.71. The molecular weight excluding hydrogens is 287 g/mol. The number of fused-ring (bicyclic) bond motifs is 1. The Bertz CT molecular complexity index is 759. The number of hydrogen-bond donors (Lipinski definition) is 1. The molecule has 0 aliphatic rings. The molecule has 0 aliphatic heterocycles. The molecule has 0 aliphatic carbocycles. The number of anilines is 1. The van der Waals surface area contributed by atoms with Crippen LogP contribution in [0.15, 0.2) is 35.8 Å². The molecule has 0 fully saturated rings. The molecule has 3 nitrogen and oxygen atoms in total. The number of hydrogen-bond acceptors (Lipinski definition) is 4. The number of aromatic nitrogens is 1. The normalized spacial score (nSPS) is 10.8. The maximum atomic E-state index is 13.8. The van der Waals surface area contributed by atoms with Gasteiger partial charge in [0.05, 0.1) is 15.2 Å². The predicted octanol–water partition coefficient (Wildman–Crippen LogP) is 4.46. The molecule has 0 amide bonds. The Balaban J connectivity index is 2.05. The number of thiazole rings is 1. The third-order valence-corrected chi connectivity index (χ3v) is 3.72. The minimum Gasteiger partial charge on any atom is -0.452 e. The Hall–Kier alpha value is -1.85. The van der Waals surface area contributed by atoms with Crippen molar-refractivity contribution in [3.05, 3.63) is 46.7 Å². The summed E-state index contributed by atoms with van der Waals surface area (Å²) in [7, 11) is 0. The Morgan fingerprint density at radius 1 is 1.21 bits per heavy atom. The van der Waals surface area contributed by atoms with E-state index in [-0.39, 0.29) is 10.8 Å². The molecule has 0 saturated carbocycles. The number of nitrogen functional groups attached to an aromatic ring is 1. The molecule has 3 rings (SSSR count). The van der Waals surface area contributed by atoms with Crippen molar-refractivity contribution in [1.29, 1.82) is 0 Å². The molecule has 2 aromatic carbocycles. The van der Waals surface area contributed by atoms with Crippen molar-refractivity contribution >= 4 is 38.8 Å². The van der Waals surface area contributed by atoms with Gasteiger partial charge in [-0.1, -0.05) is 17.7 Å². The van der Waals surface area contributed by atoms with Crippen LogP contribution in [0.5, 0.6) is 11.5 Å². The minimum absolute atomic E-state index is 0.00538. The van der Waals surface area contributed by atoms with E-state index in [0.29, 0.717) is 17.0 Å². The number of nitrogens with two attached hydrogens (primary N) is 1. The van der Waals surface area contributed by atoms with Crippen LogP contribution < -0.4 is 10.5 Å². The van der Waals surface area contributed by atoms with E-state index in [4.69, 9.17) is 22.1 Å². The van der Waals surface area contributed by atoms with Crippen LogP contribution in [0, 0.1) is 5.82 Å². The van der Waals surface area contributed by atoms with Gasteiger partial charge in [0.25, 0.3) is 0 Å². The van der Waals surface area contributed by atoms with Crippen LogP contribution in [0.2, 0.25) is 5.02 Å². The van der Waals surface area contributed by atoms with E-state index < -0.39 is 5.82 Å². The summed E-state index contributed by atoms with van der Waals surface area (Å²) in [6.45, 7) is 0. The average molecular weight is 295 g/mol. The van der Waals surface area contributed by atoms with E-state index in [1.807, 2.05) is 6.07 Å². The number of rotatable bonds is 2. The van der Waals surface area contributed by atoms with Gasteiger partial charge in [-0.15, -0.1) is 11.3 Å². The topological polar surface area (TPSA) is 48.1 Å². The second-order valence-corrected chi connectivity index (χ2v) is 5.12. The van der Waals surface area contributed by atoms with Crippen molar-refractivity contribution in [2.45, 2.75) is 0 Å². The molecule has 0 bridgehead atoms. The fourth-order valence-corrected chi connectivity index (χ4v) is 2.56. The lowest BCUT2D eigenvalue weighted by atomic mass is 10.2. The first-order valence-electron chi connectivity index (χ1n) is 5.40. The average Bonchev–Trinajstić information content (AvgIpc) is 2.87. The van der Waals surface area contributed by atoms with E-state index in [2.05, 4.69) is 4.98 Å². The third kappa shape index (κ3) is 2.11.